The second-order valence-electron chi connectivity index (χ2n) is 6.94. The molecule has 0 bridgehead atoms. The Morgan fingerprint density at radius 3 is 2.04 bits per heavy atom. The standard InChI is InChI=1S/C20H23NO4/c1-20(2,3)21(18(23)15-7-5-4-6-8-15)17(19(24)25)13-14-9-11-16(22)12-10-14/h4-12,17,22H,13H2,1-3H3,(H,24,25)/t17-/m0/s1. The SMILES string of the molecule is CC(C)(C)N(C(=O)c1ccccc1)[C@@H](Cc1ccc(O)cc1)C(=O)O. The molecule has 2 aromatic carbocycles. The first-order valence-electron chi connectivity index (χ1n) is 8.09. The number of phenolic OH excluding ortho intramolecular Hbond substituents is 1. The van der Waals surface area contributed by atoms with Crippen LogP contribution in [0.1, 0.15) is 36.7 Å². The Morgan fingerprint density at radius 1 is 1.00 bits per heavy atom. The molecule has 0 aromatic heterocycles. The third-order valence-corrected chi connectivity index (χ3v) is 3.92. The number of hydrogen-bond acceptors (Lipinski definition) is 3. The summed E-state index contributed by atoms with van der Waals surface area (Å²) in [4.78, 5) is 26.4. The Labute approximate surface area is 147 Å². The van der Waals surface area contributed by atoms with Crippen LogP contribution < -0.4 is 0 Å². The molecule has 0 heterocycles. The Balaban J connectivity index is 2.40. The van der Waals surface area contributed by atoms with Crippen molar-refractivity contribution < 1.29 is 19.8 Å². The van der Waals surface area contributed by atoms with Gasteiger partial charge in [0, 0.05) is 17.5 Å². The van der Waals surface area contributed by atoms with Crippen molar-refractivity contribution in [3.8, 4) is 5.75 Å². The Morgan fingerprint density at radius 2 is 1.56 bits per heavy atom. The molecule has 1 amide bonds. The number of amides is 1. The fourth-order valence-electron chi connectivity index (χ4n) is 2.78. The number of carboxylic acid groups (broad SMARTS) is 1. The van der Waals surface area contributed by atoms with Gasteiger partial charge in [0.1, 0.15) is 11.8 Å². The molecule has 0 fully saturated rings. The van der Waals surface area contributed by atoms with E-state index in [9.17, 15) is 19.8 Å². The highest BCUT2D eigenvalue weighted by Gasteiger charge is 2.37. The quantitative estimate of drug-likeness (QED) is 0.874. The van der Waals surface area contributed by atoms with Gasteiger partial charge in [-0.05, 0) is 50.6 Å². The first kappa shape index (κ1) is 18.5. The zero-order chi connectivity index (χ0) is 18.6. The third kappa shape index (κ3) is 4.59. The molecule has 0 radical (unpaired) electrons. The van der Waals surface area contributed by atoms with E-state index in [-0.39, 0.29) is 18.1 Å². The van der Waals surface area contributed by atoms with Gasteiger partial charge < -0.3 is 15.1 Å². The van der Waals surface area contributed by atoms with Crippen LogP contribution in [-0.4, -0.2) is 38.6 Å². The van der Waals surface area contributed by atoms with Crippen LogP contribution in [0.15, 0.2) is 54.6 Å². The lowest BCUT2D eigenvalue weighted by atomic mass is 9.96. The van der Waals surface area contributed by atoms with E-state index in [2.05, 4.69) is 0 Å². The molecule has 0 aliphatic rings. The molecule has 2 rings (SSSR count). The molecule has 0 aliphatic carbocycles. The predicted molar refractivity (Wildman–Crippen MR) is 95.6 cm³/mol. The highest BCUT2D eigenvalue weighted by molar-refractivity contribution is 5.97. The summed E-state index contributed by atoms with van der Waals surface area (Å²) in [5.41, 5.74) is 0.516. The minimum Gasteiger partial charge on any atom is -0.508 e. The normalized spacial score (nSPS) is 12.4. The minimum atomic E-state index is -1.06. The maximum atomic E-state index is 13.0. The summed E-state index contributed by atoms with van der Waals surface area (Å²) in [5.74, 6) is -1.27. The smallest absolute Gasteiger partial charge is 0.326 e. The molecule has 0 saturated heterocycles. The summed E-state index contributed by atoms with van der Waals surface area (Å²) in [6, 6.07) is 14.0. The molecular formula is C20H23NO4. The van der Waals surface area contributed by atoms with Crippen LogP contribution in [0.25, 0.3) is 0 Å². The largest absolute Gasteiger partial charge is 0.508 e. The van der Waals surface area contributed by atoms with Gasteiger partial charge in [0.05, 0.1) is 0 Å². The lowest BCUT2D eigenvalue weighted by Crippen LogP contribution is -2.55. The average molecular weight is 341 g/mol. The number of aromatic hydroxyl groups is 1. The van der Waals surface area contributed by atoms with Gasteiger partial charge in [-0.2, -0.15) is 0 Å². The van der Waals surface area contributed by atoms with Gasteiger partial charge in [0.15, 0.2) is 0 Å². The molecule has 5 heteroatoms. The van der Waals surface area contributed by atoms with Gasteiger partial charge in [0.2, 0.25) is 0 Å². The van der Waals surface area contributed by atoms with Crippen LogP contribution in [0, 0.1) is 0 Å². The average Bonchev–Trinajstić information content (AvgIpc) is 2.55. The van der Waals surface area contributed by atoms with Crippen molar-refractivity contribution >= 4 is 11.9 Å². The van der Waals surface area contributed by atoms with E-state index >= 15 is 0 Å². The van der Waals surface area contributed by atoms with Crippen LogP contribution in [0.4, 0.5) is 0 Å². The van der Waals surface area contributed by atoms with Crippen molar-refractivity contribution in [2.24, 2.45) is 0 Å². The molecule has 2 N–H and O–H groups in total. The Kier molecular flexibility index (Phi) is 5.47. The van der Waals surface area contributed by atoms with Crippen molar-refractivity contribution in [3.63, 3.8) is 0 Å². The molecule has 0 spiro atoms. The fraction of sp³-hybridized carbons (Fsp3) is 0.300. The van der Waals surface area contributed by atoms with Crippen molar-refractivity contribution in [3.05, 3.63) is 65.7 Å². The summed E-state index contributed by atoms with van der Waals surface area (Å²) in [6.45, 7) is 5.46. The molecule has 2 aromatic rings. The van der Waals surface area contributed by atoms with Crippen LogP contribution in [-0.2, 0) is 11.2 Å². The first-order valence-corrected chi connectivity index (χ1v) is 8.09. The highest BCUT2D eigenvalue weighted by Crippen LogP contribution is 2.24. The molecule has 1 atom stereocenters. The number of aliphatic carboxylic acids is 1. The molecule has 5 nitrogen and oxygen atoms in total. The van der Waals surface area contributed by atoms with Crippen molar-refractivity contribution in [1.82, 2.24) is 4.90 Å². The van der Waals surface area contributed by atoms with E-state index in [0.717, 1.165) is 5.56 Å². The second-order valence-corrected chi connectivity index (χ2v) is 6.94. The predicted octanol–water partition coefficient (Wildman–Crippen LogP) is 3.33. The van der Waals surface area contributed by atoms with E-state index < -0.39 is 17.6 Å². The van der Waals surface area contributed by atoms with Crippen LogP contribution >= 0.6 is 0 Å². The van der Waals surface area contributed by atoms with E-state index in [1.54, 1.807) is 36.4 Å². The number of rotatable bonds is 5. The van der Waals surface area contributed by atoms with Crippen molar-refractivity contribution in [2.75, 3.05) is 0 Å². The molecule has 132 valence electrons. The highest BCUT2D eigenvalue weighted by atomic mass is 16.4. The van der Waals surface area contributed by atoms with Gasteiger partial charge in [-0.15, -0.1) is 0 Å². The van der Waals surface area contributed by atoms with Gasteiger partial charge >= 0.3 is 5.97 Å². The van der Waals surface area contributed by atoms with E-state index in [0.29, 0.717) is 5.56 Å². The summed E-state index contributed by atoms with van der Waals surface area (Å²) in [5, 5.41) is 19.2. The number of benzene rings is 2. The minimum absolute atomic E-state index is 0.115. The van der Waals surface area contributed by atoms with Gasteiger partial charge in [-0.25, -0.2) is 4.79 Å². The summed E-state index contributed by atoms with van der Waals surface area (Å²) < 4.78 is 0. The molecule has 0 saturated carbocycles. The van der Waals surface area contributed by atoms with E-state index in [1.165, 1.54) is 17.0 Å². The Hall–Kier alpha value is -2.82. The number of carbonyl (C=O) groups excluding carboxylic acids is 1. The third-order valence-electron chi connectivity index (χ3n) is 3.92. The monoisotopic (exact) mass is 341 g/mol. The zero-order valence-corrected chi connectivity index (χ0v) is 14.6. The molecule has 0 unspecified atom stereocenters. The van der Waals surface area contributed by atoms with E-state index in [1.807, 2.05) is 26.8 Å². The summed E-state index contributed by atoms with van der Waals surface area (Å²) in [6.07, 6.45) is 0.158. The summed E-state index contributed by atoms with van der Waals surface area (Å²) in [7, 11) is 0. The van der Waals surface area contributed by atoms with Crippen LogP contribution in [0.5, 0.6) is 5.75 Å². The first-order chi connectivity index (χ1) is 11.7. The van der Waals surface area contributed by atoms with Crippen molar-refractivity contribution in [1.29, 1.82) is 0 Å². The second kappa shape index (κ2) is 7.38. The van der Waals surface area contributed by atoms with Crippen molar-refractivity contribution in [2.45, 2.75) is 38.8 Å². The van der Waals surface area contributed by atoms with Gasteiger partial charge in [0.25, 0.3) is 5.91 Å². The Bertz CT molecular complexity index is 733. The van der Waals surface area contributed by atoms with E-state index in [4.69, 9.17) is 0 Å². The maximum absolute atomic E-state index is 13.0. The fourth-order valence-corrected chi connectivity index (χ4v) is 2.78. The number of nitrogens with zero attached hydrogens (tertiary/aromatic N) is 1. The number of carbonyl (C=O) groups is 2. The number of phenols is 1. The maximum Gasteiger partial charge on any atom is 0.326 e. The number of hydrogen-bond donors (Lipinski definition) is 2. The zero-order valence-electron chi connectivity index (χ0n) is 14.6. The summed E-state index contributed by atoms with van der Waals surface area (Å²) >= 11 is 0. The molecule has 0 aliphatic heterocycles. The van der Waals surface area contributed by atoms with Crippen LogP contribution in [0.3, 0.4) is 0 Å². The lowest BCUT2D eigenvalue weighted by Gasteiger charge is -2.40. The molecule has 25 heavy (non-hydrogen) atoms. The molecular weight excluding hydrogens is 318 g/mol. The lowest BCUT2D eigenvalue weighted by molar-refractivity contribution is -0.144. The van der Waals surface area contributed by atoms with Gasteiger partial charge in [-0.1, -0.05) is 30.3 Å². The number of carboxylic acids is 1. The van der Waals surface area contributed by atoms with Crippen LogP contribution in [0.2, 0.25) is 0 Å². The van der Waals surface area contributed by atoms with Gasteiger partial charge in [-0.3, -0.25) is 4.79 Å². The topological polar surface area (TPSA) is 77.8 Å².